The van der Waals surface area contributed by atoms with E-state index in [4.69, 9.17) is 9.72 Å². The minimum absolute atomic E-state index is 0.0194. The molecule has 0 aliphatic heterocycles. The number of nitrogens with one attached hydrogen (secondary N) is 1. The molecule has 5 nitrogen and oxygen atoms in total. The van der Waals surface area contributed by atoms with Crippen LogP contribution >= 0.6 is 11.3 Å². The fourth-order valence-electron chi connectivity index (χ4n) is 4.21. The number of amides is 1. The number of rotatable bonds is 4. The number of carbonyl (C=O) groups excluding carboxylic acids is 1. The number of halogens is 3. The zero-order valence-corrected chi connectivity index (χ0v) is 20.0. The third-order valence-corrected chi connectivity index (χ3v) is 6.96. The largest absolute Gasteiger partial charge is 0.497 e. The fourth-order valence-corrected chi connectivity index (χ4v) is 5.10. The molecule has 4 aromatic carbocycles. The first-order valence-corrected chi connectivity index (χ1v) is 12.0. The van der Waals surface area contributed by atoms with E-state index in [1.165, 1.54) is 0 Å². The number of hydrogen-bond acceptors (Lipinski definition) is 5. The van der Waals surface area contributed by atoms with Crippen LogP contribution in [0.2, 0.25) is 0 Å². The van der Waals surface area contributed by atoms with Gasteiger partial charge in [0.25, 0.3) is 5.91 Å². The third kappa shape index (κ3) is 4.03. The predicted octanol–water partition coefficient (Wildman–Crippen LogP) is 7.34. The van der Waals surface area contributed by atoms with E-state index >= 15 is 0 Å². The van der Waals surface area contributed by atoms with Gasteiger partial charge in [-0.05, 0) is 47.2 Å². The van der Waals surface area contributed by atoms with Gasteiger partial charge in [-0.3, -0.25) is 10.1 Å². The highest BCUT2D eigenvalue weighted by Gasteiger charge is 2.20. The number of carbonyl (C=O) groups is 1. The molecule has 2 aromatic heterocycles. The minimum atomic E-state index is -1.60. The van der Waals surface area contributed by atoms with Crippen LogP contribution in [0.5, 0.6) is 5.75 Å². The highest BCUT2D eigenvalue weighted by molar-refractivity contribution is 7.22. The Hall–Kier alpha value is -4.50. The van der Waals surface area contributed by atoms with Gasteiger partial charge in [0.2, 0.25) is 0 Å². The van der Waals surface area contributed by atoms with Crippen molar-refractivity contribution in [1.82, 2.24) is 9.97 Å². The molecule has 6 aromatic rings. The van der Waals surface area contributed by atoms with Gasteiger partial charge in [0, 0.05) is 10.9 Å². The van der Waals surface area contributed by atoms with Gasteiger partial charge in [0.1, 0.15) is 11.3 Å². The molecule has 0 saturated heterocycles. The molecule has 0 aliphatic carbocycles. The van der Waals surface area contributed by atoms with Gasteiger partial charge in [-0.1, -0.05) is 47.7 Å². The van der Waals surface area contributed by atoms with Crippen LogP contribution in [0.15, 0.2) is 72.8 Å². The van der Waals surface area contributed by atoms with E-state index in [0.717, 1.165) is 39.5 Å². The van der Waals surface area contributed by atoms with Crippen LogP contribution in [0.4, 0.5) is 18.3 Å². The highest BCUT2D eigenvalue weighted by atomic mass is 32.1. The van der Waals surface area contributed by atoms with E-state index in [0.29, 0.717) is 22.2 Å². The SMILES string of the molecule is COc1ccc2cc(-c3cc(C(=O)Nc4nc5c(F)c(F)c(F)cc5s4)c4ccccc4n3)ccc2c1. The van der Waals surface area contributed by atoms with Crippen molar-refractivity contribution in [3.63, 3.8) is 0 Å². The molecule has 2 heterocycles. The van der Waals surface area contributed by atoms with Crippen LogP contribution < -0.4 is 10.1 Å². The Morgan fingerprint density at radius 3 is 2.51 bits per heavy atom. The molecule has 6 rings (SSSR count). The van der Waals surface area contributed by atoms with E-state index in [1.807, 2.05) is 42.5 Å². The van der Waals surface area contributed by atoms with E-state index in [9.17, 15) is 18.0 Å². The molecule has 0 unspecified atom stereocenters. The number of ether oxygens (including phenoxy) is 1. The predicted molar refractivity (Wildman–Crippen MR) is 139 cm³/mol. The second-order valence-corrected chi connectivity index (χ2v) is 9.34. The van der Waals surface area contributed by atoms with Crippen molar-refractivity contribution >= 4 is 54.3 Å². The number of fused-ring (bicyclic) bond motifs is 3. The highest BCUT2D eigenvalue weighted by Crippen LogP contribution is 2.32. The molecular weight excluding hydrogens is 499 g/mol. The maximum atomic E-state index is 14.1. The number of anilines is 1. The quantitative estimate of drug-likeness (QED) is 0.250. The summed E-state index contributed by atoms with van der Waals surface area (Å²) in [5.41, 5.74) is 1.99. The maximum absolute atomic E-state index is 14.1. The molecular formula is C28H16F3N3O2S. The van der Waals surface area contributed by atoms with Crippen molar-refractivity contribution in [3.8, 4) is 17.0 Å². The third-order valence-electron chi connectivity index (χ3n) is 6.05. The van der Waals surface area contributed by atoms with E-state index in [2.05, 4.69) is 10.3 Å². The number of hydrogen-bond donors (Lipinski definition) is 1. The Morgan fingerprint density at radius 1 is 0.892 bits per heavy atom. The van der Waals surface area contributed by atoms with Crippen molar-refractivity contribution < 1.29 is 22.7 Å². The maximum Gasteiger partial charge on any atom is 0.258 e. The van der Waals surface area contributed by atoms with Gasteiger partial charge in [-0.2, -0.15) is 0 Å². The summed E-state index contributed by atoms with van der Waals surface area (Å²) in [5.74, 6) is -4.06. The van der Waals surface area contributed by atoms with Gasteiger partial charge in [0.15, 0.2) is 22.6 Å². The lowest BCUT2D eigenvalue weighted by Gasteiger charge is -2.10. The number of benzene rings is 4. The van der Waals surface area contributed by atoms with Gasteiger partial charge in [-0.25, -0.2) is 23.1 Å². The van der Waals surface area contributed by atoms with Crippen molar-refractivity contribution in [1.29, 1.82) is 0 Å². The van der Waals surface area contributed by atoms with E-state index in [1.54, 1.807) is 31.4 Å². The lowest BCUT2D eigenvalue weighted by molar-refractivity contribution is 0.102. The molecule has 9 heteroatoms. The van der Waals surface area contributed by atoms with Gasteiger partial charge in [0.05, 0.1) is 28.6 Å². The normalized spacial score (nSPS) is 11.4. The lowest BCUT2D eigenvalue weighted by atomic mass is 10.0. The Morgan fingerprint density at radius 2 is 1.68 bits per heavy atom. The summed E-state index contributed by atoms with van der Waals surface area (Å²) < 4.78 is 46.8. The molecule has 0 spiro atoms. The van der Waals surface area contributed by atoms with Crippen LogP contribution in [0.1, 0.15) is 10.4 Å². The molecule has 0 radical (unpaired) electrons. The Kier molecular flexibility index (Phi) is 5.49. The second kappa shape index (κ2) is 8.86. The monoisotopic (exact) mass is 515 g/mol. The first-order chi connectivity index (χ1) is 17.9. The van der Waals surface area contributed by atoms with Crippen molar-refractivity contribution in [2.24, 2.45) is 0 Å². The molecule has 0 aliphatic rings. The molecule has 0 fully saturated rings. The average molecular weight is 516 g/mol. The zero-order chi connectivity index (χ0) is 25.7. The Balaban J connectivity index is 1.42. The van der Waals surface area contributed by atoms with Gasteiger partial charge in [-0.15, -0.1) is 0 Å². The lowest BCUT2D eigenvalue weighted by Crippen LogP contribution is -2.13. The number of thiazole rings is 1. The van der Waals surface area contributed by atoms with Crippen molar-refractivity contribution in [2.45, 2.75) is 0 Å². The van der Waals surface area contributed by atoms with E-state index < -0.39 is 23.4 Å². The molecule has 1 N–H and O–H groups in total. The van der Waals surface area contributed by atoms with Crippen LogP contribution in [-0.4, -0.2) is 23.0 Å². The van der Waals surface area contributed by atoms with E-state index in [-0.39, 0.29) is 15.3 Å². The standard InChI is InChI=1S/C28H16F3N3O2S/c1-36-17-9-8-14-10-16(7-6-15(14)11-17)22-12-19(18-4-2-3-5-21(18)32-22)27(35)34-28-33-26-23(37-28)13-20(29)24(30)25(26)31/h2-13H,1H3,(H,33,34,35). The number of pyridine rings is 1. The Bertz CT molecular complexity index is 1870. The smallest absolute Gasteiger partial charge is 0.258 e. The molecule has 182 valence electrons. The first kappa shape index (κ1) is 22.9. The summed E-state index contributed by atoms with van der Waals surface area (Å²) in [6, 6.07) is 21.3. The molecule has 1 amide bonds. The fraction of sp³-hybridized carbons (Fsp3) is 0.0357. The Labute approximate surface area is 212 Å². The summed E-state index contributed by atoms with van der Waals surface area (Å²) in [6.45, 7) is 0. The summed E-state index contributed by atoms with van der Waals surface area (Å²) in [5, 5.41) is 5.25. The zero-order valence-electron chi connectivity index (χ0n) is 19.2. The number of para-hydroxylation sites is 1. The second-order valence-electron chi connectivity index (χ2n) is 8.31. The molecule has 0 saturated carbocycles. The summed E-state index contributed by atoms with van der Waals surface area (Å²) in [7, 11) is 1.61. The average Bonchev–Trinajstić information content (AvgIpc) is 3.32. The minimum Gasteiger partial charge on any atom is -0.497 e. The van der Waals surface area contributed by atoms with Crippen molar-refractivity contribution in [2.75, 3.05) is 12.4 Å². The molecule has 37 heavy (non-hydrogen) atoms. The van der Waals surface area contributed by atoms with Crippen LogP contribution in [0.25, 0.3) is 43.1 Å². The molecule has 0 atom stereocenters. The van der Waals surface area contributed by atoms with Crippen LogP contribution in [-0.2, 0) is 0 Å². The summed E-state index contributed by atoms with van der Waals surface area (Å²) in [4.78, 5) is 22.1. The topological polar surface area (TPSA) is 64.1 Å². The van der Waals surface area contributed by atoms with Gasteiger partial charge < -0.3 is 4.74 Å². The number of nitrogens with zero attached hydrogens (tertiary/aromatic N) is 2. The van der Waals surface area contributed by atoms with Crippen LogP contribution in [0.3, 0.4) is 0 Å². The van der Waals surface area contributed by atoms with Crippen molar-refractivity contribution in [3.05, 3.63) is 95.8 Å². The molecule has 0 bridgehead atoms. The van der Waals surface area contributed by atoms with Crippen LogP contribution in [0, 0.1) is 17.5 Å². The summed E-state index contributed by atoms with van der Waals surface area (Å²) >= 11 is 0.852. The number of methoxy groups -OCH3 is 1. The van der Waals surface area contributed by atoms with Gasteiger partial charge >= 0.3 is 0 Å². The summed E-state index contributed by atoms with van der Waals surface area (Å²) in [6.07, 6.45) is 0. The number of aromatic nitrogens is 2. The first-order valence-electron chi connectivity index (χ1n) is 11.1.